The zero-order chi connectivity index (χ0) is 13.7. The van der Waals surface area contributed by atoms with Crippen molar-refractivity contribution < 1.29 is 0 Å². The van der Waals surface area contributed by atoms with Crippen molar-refractivity contribution in [3.05, 3.63) is 0 Å². The molecule has 1 saturated carbocycles. The number of guanidine groups is 1. The van der Waals surface area contributed by atoms with Crippen LogP contribution in [-0.2, 0) is 0 Å². The lowest BCUT2D eigenvalue weighted by atomic mass is 10.1. The van der Waals surface area contributed by atoms with E-state index in [1.54, 1.807) is 0 Å². The Morgan fingerprint density at radius 2 is 1.95 bits per heavy atom. The van der Waals surface area contributed by atoms with Gasteiger partial charge in [-0.15, -0.1) is 0 Å². The summed E-state index contributed by atoms with van der Waals surface area (Å²) < 4.78 is 0. The van der Waals surface area contributed by atoms with Gasteiger partial charge < -0.3 is 20.4 Å². The molecule has 110 valence electrons. The largest absolute Gasteiger partial charge is 0.356 e. The highest BCUT2D eigenvalue weighted by atomic mass is 15.2. The van der Waals surface area contributed by atoms with Gasteiger partial charge in [-0.05, 0) is 25.8 Å². The molecular weight excluding hydrogens is 238 g/mol. The molecule has 0 amide bonds. The van der Waals surface area contributed by atoms with Gasteiger partial charge in [0.25, 0.3) is 0 Å². The molecule has 1 unspecified atom stereocenters. The van der Waals surface area contributed by atoms with Gasteiger partial charge in [0.2, 0.25) is 0 Å². The lowest BCUT2D eigenvalue weighted by Gasteiger charge is -2.34. The number of rotatable bonds is 5. The van der Waals surface area contributed by atoms with Crippen molar-refractivity contribution >= 4 is 5.96 Å². The Morgan fingerprint density at radius 1 is 1.26 bits per heavy atom. The highest BCUT2D eigenvalue weighted by Gasteiger charge is 2.22. The molecule has 1 aliphatic heterocycles. The number of nitrogens with one attached hydrogen (secondary N) is 2. The maximum Gasteiger partial charge on any atom is 0.191 e. The number of hydrogen-bond acceptors (Lipinski definition) is 3. The van der Waals surface area contributed by atoms with Crippen LogP contribution in [0.1, 0.15) is 19.8 Å². The monoisotopic (exact) mass is 267 g/mol. The molecule has 19 heavy (non-hydrogen) atoms. The summed E-state index contributed by atoms with van der Waals surface area (Å²) in [5.41, 5.74) is 0. The summed E-state index contributed by atoms with van der Waals surface area (Å²) in [7, 11) is 4.05. The Hall–Kier alpha value is -0.810. The van der Waals surface area contributed by atoms with E-state index in [0.29, 0.717) is 12.0 Å². The standard InChI is InChI=1S/C14H29N5/c1-12(11-19-8-6-18(3)7-9-19)10-16-14(15-2)17-13-4-5-13/h12-13H,4-11H2,1-3H3,(H2,15,16,17). The van der Waals surface area contributed by atoms with Crippen LogP contribution in [0.3, 0.4) is 0 Å². The maximum absolute atomic E-state index is 4.27. The molecule has 2 rings (SSSR count). The van der Waals surface area contributed by atoms with Gasteiger partial charge in [0.15, 0.2) is 5.96 Å². The lowest BCUT2D eigenvalue weighted by Crippen LogP contribution is -2.47. The quantitative estimate of drug-likeness (QED) is 0.551. The van der Waals surface area contributed by atoms with Gasteiger partial charge in [-0.3, -0.25) is 4.99 Å². The fourth-order valence-corrected chi connectivity index (χ4v) is 2.42. The van der Waals surface area contributed by atoms with Crippen molar-refractivity contribution in [3.63, 3.8) is 0 Å². The molecule has 1 aliphatic carbocycles. The summed E-state index contributed by atoms with van der Waals surface area (Å²) in [6, 6.07) is 0.666. The van der Waals surface area contributed by atoms with Gasteiger partial charge in [-0.1, -0.05) is 6.92 Å². The van der Waals surface area contributed by atoms with Crippen LogP contribution in [0.25, 0.3) is 0 Å². The summed E-state index contributed by atoms with van der Waals surface area (Å²) in [5.74, 6) is 1.62. The zero-order valence-corrected chi connectivity index (χ0v) is 12.7. The van der Waals surface area contributed by atoms with Gasteiger partial charge in [0.1, 0.15) is 0 Å². The first-order chi connectivity index (χ1) is 9.17. The molecule has 0 radical (unpaired) electrons. The average molecular weight is 267 g/mol. The Bertz CT molecular complexity index is 292. The molecule has 1 heterocycles. The van der Waals surface area contributed by atoms with E-state index in [0.717, 1.165) is 12.5 Å². The molecular formula is C14H29N5. The van der Waals surface area contributed by atoms with E-state index in [9.17, 15) is 0 Å². The molecule has 2 N–H and O–H groups in total. The predicted octanol–water partition coefficient (Wildman–Crippen LogP) is 0.197. The summed E-state index contributed by atoms with van der Waals surface area (Å²) in [6.07, 6.45) is 2.58. The Kier molecular flexibility index (Phi) is 5.45. The third kappa shape index (κ3) is 5.37. The first-order valence-electron chi connectivity index (χ1n) is 7.55. The minimum atomic E-state index is 0.654. The van der Waals surface area contributed by atoms with E-state index in [-0.39, 0.29) is 0 Å². The highest BCUT2D eigenvalue weighted by molar-refractivity contribution is 5.80. The molecule has 0 aromatic rings. The van der Waals surface area contributed by atoms with Crippen molar-refractivity contribution in [3.8, 4) is 0 Å². The van der Waals surface area contributed by atoms with E-state index in [2.05, 4.69) is 39.4 Å². The molecule has 1 saturated heterocycles. The molecule has 1 atom stereocenters. The van der Waals surface area contributed by atoms with Crippen LogP contribution in [0.2, 0.25) is 0 Å². The SMILES string of the molecule is CN=C(NCC(C)CN1CCN(C)CC1)NC1CC1. The average Bonchev–Trinajstić information content (AvgIpc) is 3.21. The Morgan fingerprint density at radius 3 is 2.53 bits per heavy atom. The minimum absolute atomic E-state index is 0.654. The minimum Gasteiger partial charge on any atom is -0.356 e. The number of likely N-dealkylation sites (N-methyl/N-ethyl adjacent to an activating group) is 1. The van der Waals surface area contributed by atoms with E-state index in [1.165, 1.54) is 45.6 Å². The first kappa shape index (κ1) is 14.6. The van der Waals surface area contributed by atoms with Crippen molar-refractivity contribution in [1.82, 2.24) is 20.4 Å². The Balaban J connectivity index is 1.61. The van der Waals surface area contributed by atoms with E-state index >= 15 is 0 Å². The third-order valence-corrected chi connectivity index (χ3v) is 3.93. The van der Waals surface area contributed by atoms with Gasteiger partial charge in [0, 0.05) is 52.4 Å². The topological polar surface area (TPSA) is 42.9 Å². The second-order valence-corrected chi connectivity index (χ2v) is 6.08. The van der Waals surface area contributed by atoms with E-state index < -0.39 is 0 Å². The highest BCUT2D eigenvalue weighted by Crippen LogP contribution is 2.18. The molecule has 5 heteroatoms. The van der Waals surface area contributed by atoms with Crippen molar-refractivity contribution in [2.75, 3.05) is 53.4 Å². The Labute approximate surface area is 117 Å². The van der Waals surface area contributed by atoms with Crippen LogP contribution in [-0.4, -0.2) is 75.2 Å². The maximum atomic E-state index is 4.27. The van der Waals surface area contributed by atoms with Crippen LogP contribution in [0.15, 0.2) is 4.99 Å². The smallest absolute Gasteiger partial charge is 0.191 e. The number of hydrogen-bond donors (Lipinski definition) is 2. The van der Waals surface area contributed by atoms with Crippen molar-refractivity contribution in [2.45, 2.75) is 25.8 Å². The molecule has 0 bridgehead atoms. The van der Waals surface area contributed by atoms with Gasteiger partial charge in [-0.25, -0.2) is 0 Å². The normalized spacial score (nSPS) is 24.3. The molecule has 0 aromatic carbocycles. The van der Waals surface area contributed by atoms with E-state index in [1.807, 2.05) is 7.05 Å². The summed E-state index contributed by atoms with van der Waals surface area (Å²) >= 11 is 0. The van der Waals surface area contributed by atoms with Crippen LogP contribution in [0.5, 0.6) is 0 Å². The number of aliphatic imine (C=N–C) groups is 1. The fraction of sp³-hybridized carbons (Fsp3) is 0.929. The number of nitrogens with zero attached hydrogens (tertiary/aromatic N) is 3. The first-order valence-corrected chi connectivity index (χ1v) is 7.55. The second-order valence-electron chi connectivity index (χ2n) is 6.08. The van der Waals surface area contributed by atoms with Gasteiger partial charge in [0.05, 0.1) is 0 Å². The fourth-order valence-electron chi connectivity index (χ4n) is 2.42. The van der Waals surface area contributed by atoms with Crippen LogP contribution in [0.4, 0.5) is 0 Å². The van der Waals surface area contributed by atoms with Crippen LogP contribution >= 0.6 is 0 Å². The predicted molar refractivity (Wildman–Crippen MR) is 80.6 cm³/mol. The molecule has 2 fully saturated rings. The van der Waals surface area contributed by atoms with Gasteiger partial charge in [-0.2, -0.15) is 0 Å². The third-order valence-electron chi connectivity index (χ3n) is 3.93. The molecule has 5 nitrogen and oxygen atoms in total. The van der Waals surface area contributed by atoms with Gasteiger partial charge >= 0.3 is 0 Å². The van der Waals surface area contributed by atoms with Crippen LogP contribution in [0, 0.1) is 5.92 Å². The molecule has 0 aromatic heterocycles. The summed E-state index contributed by atoms with van der Waals surface area (Å²) in [6.45, 7) is 9.30. The number of piperazine rings is 1. The summed E-state index contributed by atoms with van der Waals surface area (Å²) in [4.78, 5) is 9.25. The van der Waals surface area contributed by atoms with E-state index in [4.69, 9.17) is 0 Å². The summed E-state index contributed by atoms with van der Waals surface area (Å²) in [5, 5.41) is 6.86. The zero-order valence-electron chi connectivity index (χ0n) is 12.7. The van der Waals surface area contributed by atoms with Crippen molar-refractivity contribution in [1.29, 1.82) is 0 Å². The lowest BCUT2D eigenvalue weighted by molar-refractivity contribution is 0.139. The van der Waals surface area contributed by atoms with Crippen molar-refractivity contribution in [2.24, 2.45) is 10.9 Å². The second kappa shape index (κ2) is 7.10. The van der Waals surface area contributed by atoms with Crippen LogP contribution < -0.4 is 10.6 Å². The molecule has 0 spiro atoms. The molecule has 2 aliphatic rings.